The number of nitrogens with one attached hydrogen (secondary N) is 1. The molecule has 13 heteroatoms. The number of hydrogen-bond acceptors (Lipinski definition) is 5. The monoisotopic (exact) mass is 527 g/mol. The molecule has 192 valence electrons. The van der Waals surface area contributed by atoms with Gasteiger partial charge in [0.1, 0.15) is 0 Å². The van der Waals surface area contributed by atoms with E-state index < -0.39 is 22.0 Å². The molecule has 3 rings (SSSR count). The minimum atomic E-state index is -5.08. The molecule has 2 amide bonds. The van der Waals surface area contributed by atoms with Crippen LogP contribution >= 0.6 is 11.6 Å². The van der Waals surface area contributed by atoms with Crippen molar-refractivity contribution >= 4 is 39.1 Å². The van der Waals surface area contributed by atoms with Crippen LogP contribution in [0.2, 0.25) is 5.02 Å². The molecular weight excluding hydrogens is 499 g/mol. The number of hydrogen-bond donors (Lipinski definition) is 2. The van der Waals surface area contributed by atoms with Crippen molar-refractivity contribution in [2.24, 2.45) is 5.92 Å². The Morgan fingerprint density at radius 1 is 1.15 bits per heavy atom. The Kier molecular flexibility index (Phi) is 9.61. The molecule has 0 bridgehead atoms. The largest absolute Gasteiger partial charge is 0.490 e. The van der Waals surface area contributed by atoms with Crippen molar-refractivity contribution in [1.82, 2.24) is 9.80 Å². The van der Waals surface area contributed by atoms with Crippen molar-refractivity contribution < 1.29 is 36.3 Å². The number of carbonyl (C=O) groups is 2. The number of anilines is 1. The van der Waals surface area contributed by atoms with Crippen LogP contribution < -0.4 is 5.32 Å². The molecule has 2 N–H and O–H groups in total. The number of carboxylic acids is 1. The van der Waals surface area contributed by atoms with Crippen molar-refractivity contribution in [3.8, 4) is 0 Å². The zero-order valence-electron chi connectivity index (χ0n) is 18.9. The van der Waals surface area contributed by atoms with Crippen molar-refractivity contribution in [2.45, 2.75) is 44.2 Å². The maximum absolute atomic E-state index is 12.7. The maximum atomic E-state index is 12.7. The quantitative estimate of drug-likeness (QED) is 0.620. The molecule has 1 aromatic rings. The van der Waals surface area contributed by atoms with Gasteiger partial charge in [-0.1, -0.05) is 25.4 Å². The van der Waals surface area contributed by atoms with Gasteiger partial charge in [-0.2, -0.15) is 13.2 Å². The molecule has 2 fully saturated rings. The number of likely N-dealkylation sites (tertiary alicyclic amines) is 1. The minimum Gasteiger partial charge on any atom is -0.475 e. The summed E-state index contributed by atoms with van der Waals surface area (Å²) in [7, 11) is -3.10. The average Bonchev–Trinajstić information content (AvgIpc) is 2.96. The topological polar surface area (TPSA) is 107 Å². The minimum absolute atomic E-state index is 0.000480. The standard InChI is InChI=1S/C19H28ClN3O3S.C2HF3O2/c1-14(2)13-23-11-12-27(25,26)18-8-10-22(9-7-17(18)23)19(24)21-16-5-3-15(20)4-6-16;3-2(4,5)1(6)7/h3-6,14,17-18H,7-13H2,1-2H3,(H,21,24);(H,6,7)/t17-,18+;/m0./s1. The van der Waals surface area contributed by atoms with Gasteiger partial charge in [0.2, 0.25) is 0 Å². The number of fused-ring (bicyclic) bond motifs is 1. The third kappa shape index (κ3) is 8.02. The lowest BCUT2D eigenvalue weighted by Gasteiger charge is -2.40. The zero-order chi connectivity index (χ0) is 25.7. The van der Waals surface area contributed by atoms with Crippen LogP contribution in [0, 0.1) is 5.92 Å². The fraction of sp³-hybridized carbons (Fsp3) is 0.619. The highest BCUT2D eigenvalue weighted by Crippen LogP contribution is 2.29. The molecule has 2 aliphatic rings. The Labute approximate surface area is 202 Å². The number of sulfone groups is 1. The summed E-state index contributed by atoms with van der Waals surface area (Å²) in [5.41, 5.74) is 0.681. The molecule has 0 saturated carbocycles. The van der Waals surface area contributed by atoms with Gasteiger partial charge in [0.05, 0.1) is 11.0 Å². The number of benzene rings is 1. The van der Waals surface area contributed by atoms with E-state index in [9.17, 15) is 26.4 Å². The predicted molar refractivity (Wildman–Crippen MR) is 123 cm³/mol. The highest BCUT2D eigenvalue weighted by Gasteiger charge is 2.43. The van der Waals surface area contributed by atoms with Gasteiger partial charge in [-0.25, -0.2) is 18.0 Å². The second kappa shape index (κ2) is 11.6. The number of nitrogens with zero attached hydrogens (tertiary/aromatic N) is 2. The number of urea groups is 1. The van der Waals surface area contributed by atoms with E-state index in [1.807, 2.05) is 0 Å². The van der Waals surface area contributed by atoms with Crippen LogP contribution in [0.3, 0.4) is 0 Å². The summed E-state index contributed by atoms with van der Waals surface area (Å²) in [5.74, 6) is -2.05. The van der Waals surface area contributed by atoms with E-state index in [1.54, 1.807) is 29.2 Å². The van der Waals surface area contributed by atoms with Crippen LogP contribution in [0.25, 0.3) is 0 Å². The molecule has 2 heterocycles. The molecular formula is C21H29ClF3N3O5S. The fourth-order valence-corrected chi connectivity index (χ4v) is 6.26. The van der Waals surface area contributed by atoms with Gasteiger partial charge in [0, 0.05) is 42.9 Å². The summed E-state index contributed by atoms with van der Waals surface area (Å²) in [6, 6.07) is 6.78. The smallest absolute Gasteiger partial charge is 0.475 e. The average molecular weight is 528 g/mol. The molecule has 0 spiro atoms. The predicted octanol–water partition coefficient (Wildman–Crippen LogP) is 3.72. The van der Waals surface area contributed by atoms with Gasteiger partial charge >= 0.3 is 18.2 Å². The second-order valence-corrected chi connectivity index (χ2v) is 11.4. The first kappa shape index (κ1) is 28.2. The molecule has 0 unspecified atom stereocenters. The van der Waals surface area contributed by atoms with Crippen LogP contribution in [-0.4, -0.2) is 84.7 Å². The highest BCUT2D eigenvalue weighted by atomic mass is 35.5. The lowest BCUT2D eigenvalue weighted by Crippen LogP contribution is -2.55. The normalized spacial score (nSPS) is 22.7. The fourth-order valence-electron chi connectivity index (χ4n) is 4.09. The summed E-state index contributed by atoms with van der Waals surface area (Å²) in [4.78, 5) is 25.6. The molecule has 0 aromatic heterocycles. The Morgan fingerprint density at radius 2 is 1.71 bits per heavy atom. The number of halogens is 4. The van der Waals surface area contributed by atoms with E-state index in [1.165, 1.54) is 0 Å². The van der Waals surface area contributed by atoms with E-state index in [0.717, 1.165) is 6.54 Å². The lowest BCUT2D eigenvalue weighted by molar-refractivity contribution is -0.192. The third-order valence-electron chi connectivity index (χ3n) is 5.63. The zero-order valence-corrected chi connectivity index (χ0v) is 20.5. The number of carbonyl (C=O) groups excluding carboxylic acids is 1. The van der Waals surface area contributed by atoms with E-state index in [2.05, 4.69) is 24.1 Å². The van der Waals surface area contributed by atoms with Crippen molar-refractivity contribution in [3.05, 3.63) is 29.3 Å². The summed E-state index contributed by atoms with van der Waals surface area (Å²) in [6.45, 7) is 6.81. The Hall–Kier alpha value is -2.05. The first-order chi connectivity index (χ1) is 15.7. The molecule has 0 aliphatic carbocycles. The second-order valence-electron chi connectivity index (χ2n) is 8.67. The SMILES string of the molecule is CC(C)CN1CCS(=O)(=O)[C@@H]2CCN(C(=O)Nc3ccc(Cl)cc3)CC[C@@H]21.O=C(O)C(F)(F)F. The van der Waals surface area contributed by atoms with E-state index in [-0.39, 0.29) is 23.1 Å². The van der Waals surface area contributed by atoms with Gasteiger partial charge in [-0.15, -0.1) is 0 Å². The van der Waals surface area contributed by atoms with Crippen molar-refractivity contribution in [2.75, 3.05) is 37.2 Å². The summed E-state index contributed by atoms with van der Waals surface area (Å²) < 4.78 is 57.0. The summed E-state index contributed by atoms with van der Waals surface area (Å²) >= 11 is 5.88. The number of aliphatic carboxylic acids is 1. The van der Waals surface area contributed by atoms with Crippen LogP contribution in [0.15, 0.2) is 24.3 Å². The van der Waals surface area contributed by atoms with E-state index >= 15 is 0 Å². The molecule has 2 aliphatic heterocycles. The molecule has 2 saturated heterocycles. The van der Waals surface area contributed by atoms with E-state index in [4.69, 9.17) is 21.5 Å². The number of carboxylic acid groups (broad SMARTS) is 1. The molecule has 1 aromatic carbocycles. The molecule has 2 atom stereocenters. The van der Waals surface area contributed by atoms with Gasteiger partial charge in [0.25, 0.3) is 0 Å². The van der Waals surface area contributed by atoms with Gasteiger partial charge in [0.15, 0.2) is 9.84 Å². The van der Waals surface area contributed by atoms with E-state index in [0.29, 0.717) is 49.1 Å². The number of amides is 2. The number of rotatable bonds is 3. The third-order valence-corrected chi connectivity index (χ3v) is 8.10. The number of alkyl halides is 3. The van der Waals surface area contributed by atoms with Gasteiger partial charge in [-0.05, 0) is 43.0 Å². The Balaban J connectivity index is 0.000000509. The first-order valence-electron chi connectivity index (χ1n) is 10.8. The molecule has 34 heavy (non-hydrogen) atoms. The van der Waals surface area contributed by atoms with Crippen LogP contribution in [0.4, 0.5) is 23.7 Å². The Morgan fingerprint density at radius 3 is 2.24 bits per heavy atom. The Bertz CT molecular complexity index is 957. The summed E-state index contributed by atoms with van der Waals surface area (Å²) in [5, 5.41) is 10.2. The van der Waals surface area contributed by atoms with Crippen LogP contribution in [-0.2, 0) is 14.6 Å². The van der Waals surface area contributed by atoms with Gasteiger partial charge in [-0.3, -0.25) is 4.90 Å². The molecule has 8 nitrogen and oxygen atoms in total. The van der Waals surface area contributed by atoms with Gasteiger partial charge < -0.3 is 15.3 Å². The van der Waals surface area contributed by atoms with Crippen molar-refractivity contribution in [1.29, 1.82) is 0 Å². The maximum Gasteiger partial charge on any atom is 0.490 e. The highest BCUT2D eigenvalue weighted by molar-refractivity contribution is 7.92. The van der Waals surface area contributed by atoms with Crippen molar-refractivity contribution in [3.63, 3.8) is 0 Å². The summed E-state index contributed by atoms with van der Waals surface area (Å²) in [6.07, 6.45) is -3.90. The first-order valence-corrected chi connectivity index (χ1v) is 12.9. The molecule has 0 radical (unpaired) electrons. The lowest BCUT2D eigenvalue weighted by atomic mass is 10.0. The van der Waals surface area contributed by atoms with Crippen LogP contribution in [0.5, 0.6) is 0 Å². The van der Waals surface area contributed by atoms with Crippen LogP contribution in [0.1, 0.15) is 26.7 Å².